The van der Waals surface area contributed by atoms with Crippen LogP contribution < -0.4 is 10.1 Å². The van der Waals surface area contributed by atoms with E-state index in [1.165, 1.54) is 31.2 Å². The van der Waals surface area contributed by atoms with E-state index in [4.69, 9.17) is 4.74 Å². The van der Waals surface area contributed by atoms with Crippen LogP contribution in [-0.2, 0) is 4.79 Å². The zero-order chi connectivity index (χ0) is 16.5. The molecule has 1 aliphatic heterocycles. The van der Waals surface area contributed by atoms with Crippen LogP contribution >= 0.6 is 0 Å². The third-order valence-electron chi connectivity index (χ3n) is 4.93. The fourth-order valence-electron chi connectivity index (χ4n) is 3.73. The van der Waals surface area contributed by atoms with Gasteiger partial charge in [0.05, 0.1) is 12.7 Å². The highest BCUT2D eigenvalue weighted by Crippen LogP contribution is 2.40. The molecule has 1 amide bonds. The lowest BCUT2D eigenvalue weighted by Crippen LogP contribution is -2.04. The molecule has 2 heterocycles. The fourth-order valence-corrected chi connectivity index (χ4v) is 3.73. The Kier molecular flexibility index (Phi) is 3.81. The SMILES string of the molecule is COc1ccc(C=C2C(=O)Nc3ncccc32)cc1C1CCCC1. The van der Waals surface area contributed by atoms with Gasteiger partial charge in [-0.15, -0.1) is 0 Å². The van der Waals surface area contributed by atoms with Gasteiger partial charge in [0.2, 0.25) is 0 Å². The Bertz CT molecular complexity index is 820. The summed E-state index contributed by atoms with van der Waals surface area (Å²) < 4.78 is 5.55. The summed E-state index contributed by atoms with van der Waals surface area (Å²) in [6.45, 7) is 0. The quantitative estimate of drug-likeness (QED) is 0.861. The van der Waals surface area contributed by atoms with Crippen molar-refractivity contribution in [1.82, 2.24) is 4.98 Å². The summed E-state index contributed by atoms with van der Waals surface area (Å²) in [4.78, 5) is 16.5. The topological polar surface area (TPSA) is 51.2 Å². The van der Waals surface area contributed by atoms with Gasteiger partial charge >= 0.3 is 0 Å². The summed E-state index contributed by atoms with van der Waals surface area (Å²) in [7, 11) is 1.72. The standard InChI is InChI=1S/C20H20N2O2/c1-24-18-9-8-13(11-16(18)14-5-2-3-6-14)12-17-15-7-4-10-21-19(15)22-20(17)23/h4,7-12,14H,2-3,5-6H2,1H3,(H,21,22,23). The van der Waals surface area contributed by atoms with E-state index in [1.807, 2.05) is 30.3 Å². The van der Waals surface area contributed by atoms with Crippen LogP contribution in [0.5, 0.6) is 5.75 Å². The number of pyridine rings is 1. The first-order valence-corrected chi connectivity index (χ1v) is 8.42. The minimum Gasteiger partial charge on any atom is -0.496 e. The number of nitrogens with zero attached hydrogens (tertiary/aromatic N) is 1. The molecule has 1 saturated carbocycles. The van der Waals surface area contributed by atoms with Crippen LogP contribution in [-0.4, -0.2) is 18.0 Å². The van der Waals surface area contributed by atoms with Crippen LogP contribution in [0.25, 0.3) is 11.6 Å². The second-order valence-electron chi connectivity index (χ2n) is 6.39. The van der Waals surface area contributed by atoms with Gasteiger partial charge in [-0.3, -0.25) is 4.79 Å². The predicted molar refractivity (Wildman–Crippen MR) is 94.9 cm³/mol. The molecule has 0 unspecified atom stereocenters. The van der Waals surface area contributed by atoms with Crippen molar-refractivity contribution in [2.24, 2.45) is 0 Å². The van der Waals surface area contributed by atoms with Crippen LogP contribution in [0.1, 0.15) is 48.3 Å². The van der Waals surface area contributed by atoms with Gasteiger partial charge < -0.3 is 10.1 Å². The first kappa shape index (κ1) is 14.9. The van der Waals surface area contributed by atoms with E-state index >= 15 is 0 Å². The number of benzene rings is 1. The summed E-state index contributed by atoms with van der Waals surface area (Å²) in [6.07, 6.45) is 8.61. The first-order chi connectivity index (χ1) is 11.8. The molecule has 1 fully saturated rings. The summed E-state index contributed by atoms with van der Waals surface area (Å²) in [6, 6.07) is 9.96. The lowest BCUT2D eigenvalue weighted by Gasteiger charge is -2.15. The van der Waals surface area contributed by atoms with Crippen molar-refractivity contribution >= 4 is 23.4 Å². The molecule has 0 bridgehead atoms. The number of carbonyl (C=O) groups excluding carboxylic acids is 1. The molecule has 0 atom stereocenters. The van der Waals surface area contributed by atoms with Gasteiger partial charge in [0, 0.05) is 11.8 Å². The maximum atomic E-state index is 12.3. The maximum Gasteiger partial charge on any atom is 0.257 e. The molecular weight excluding hydrogens is 300 g/mol. The average Bonchev–Trinajstić information content (AvgIpc) is 3.24. The molecule has 0 spiro atoms. The number of nitrogens with one attached hydrogen (secondary N) is 1. The number of fused-ring (bicyclic) bond motifs is 1. The van der Waals surface area contributed by atoms with Crippen LogP contribution in [0.15, 0.2) is 36.5 Å². The Morgan fingerprint density at radius 3 is 2.88 bits per heavy atom. The number of anilines is 1. The van der Waals surface area contributed by atoms with E-state index in [-0.39, 0.29) is 5.91 Å². The zero-order valence-corrected chi connectivity index (χ0v) is 13.7. The van der Waals surface area contributed by atoms with Crippen molar-refractivity contribution in [2.75, 3.05) is 12.4 Å². The molecule has 0 saturated heterocycles. The molecule has 2 aliphatic rings. The Hall–Kier alpha value is -2.62. The Balaban J connectivity index is 1.75. The molecule has 1 N–H and O–H groups in total. The van der Waals surface area contributed by atoms with Crippen molar-refractivity contribution < 1.29 is 9.53 Å². The van der Waals surface area contributed by atoms with Crippen molar-refractivity contribution in [3.63, 3.8) is 0 Å². The summed E-state index contributed by atoms with van der Waals surface area (Å²) >= 11 is 0. The van der Waals surface area contributed by atoms with Gasteiger partial charge in [-0.2, -0.15) is 0 Å². The molecule has 122 valence electrons. The van der Waals surface area contributed by atoms with Gasteiger partial charge in [-0.1, -0.05) is 18.9 Å². The number of amides is 1. The highest BCUT2D eigenvalue weighted by Gasteiger charge is 2.25. The highest BCUT2D eigenvalue weighted by atomic mass is 16.5. The number of ether oxygens (including phenoxy) is 1. The molecule has 4 heteroatoms. The molecule has 2 aromatic rings. The number of rotatable bonds is 3. The number of hydrogen-bond acceptors (Lipinski definition) is 3. The number of aromatic nitrogens is 1. The number of carbonyl (C=O) groups is 1. The van der Waals surface area contributed by atoms with Gasteiger partial charge in [0.25, 0.3) is 5.91 Å². The molecule has 4 nitrogen and oxygen atoms in total. The van der Waals surface area contributed by atoms with Crippen LogP contribution in [0, 0.1) is 0 Å². The second-order valence-corrected chi connectivity index (χ2v) is 6.39. The summed E-state index contributed by atoms with van der Waals surface area (Å²) in [5.41, 5.74) is 3.81. The maximum absolute atomic E-state index is 12.3. The summed E-state index contributed by atoms with van der Waals surface area (Å²) in [5, 5.41) is 2.82. The molecule has 1 aromatic heterocycles. The van der Waals surface area contributed by atoms with Crippen molar-refractivity contribution in [1.29, 1.82) is 0 Å². The minimum absolute atomic E-state index is 0.0954. The van der Waals surface area contributed by atoms with Crippen LogP contribution in [0.3, 0.4) is 0 Å². The predicted octanol–water partition coefficient (Wildman–Crippen LogP) is 4.24. The Labute approximate surface area is 141 Å². The fraction of sp³-hybridized carbons (Fsp3) is 0.300. The van der Waals surface area contributed by atoms with E-state index in [0.29, 0.717) is 17.3 Å². The van der Waals surface area contributed by atoms with Gasteiger partial charge in [-0.25, -0.2) is 4.98 Å². The first-order valence-electron chi connectivity index (χ1n) is 8.42. The molecule has 1 aliphatic carbocycles. The second kappa shape index (κ2) is 6.11. The van der Waals surface area contributed by atoms with Gasteiger partial charge in [-0.05, 0) is 60.2 Å². The summed E-state index contributed by atoms with van der Waals surface area (Å²) in [5.74, 6) is 2.05. The van der Waals surface area contributed by atoms with Crippen molar-refractivity contribution in [2.45, 2.75) is 31.6 Å². The van der Waals surface area contributed by atoms with E-state index < -0.39 is 0 Å². The van der Waals surface area contributed by atoms with Crippen LogP contribution in [0.4, 0.5) is 5.82 Å². The number of hydrogen-bond donors (Lipinski definition) is 1. The lowest BCUT2D eigenvalue weighted by atomic mass is 9.94. The van der Waals surface area contributed by atoms with Gasteiger partial charge in [0.15, 0.2) is 0 Å². The molecular formula is C20H20N2O2. The Morgan fingerprint density at radius 2 is 2.08 bits per heavy atom. The molecule has 4 rings (SSSR count). The van der Waals surface area contributed by atoms with Crippen molar-refractivity contribution in [3.8, 4) is 5.75 Å². The van der Waals surface area contributed by atoms with Gasteiger partial charge in [0.1, 0.15) is 11.6 Å². The molecule has 24 heavy (non-hydrogen) atoms. The van der Waals surface area contributed by atoms with E-state index in [9.17, 15) is 4.79 Å². The third-order valence-corrected chi connectivity index (χ3v) is 4.93. The van der Waals surface area contributed by atoms with Crippen LogP contribution in [0.2, 0.25) is 0 Å². The monoisotopic (exact) mass is 320 g/mol. The zero-order valence-electron chi connectivity index (χ0n) is 13.7. The largest absolute Gasteiger partial charge is 0.496 e. The minimum atomic E-state index is -0.0954. The highest BCUT2D eigenvalue weighted by molar-refractivity contribution is 6.34. The average molecular weight is 320 g/mol. The van der Waals surface area contributed by atoms with E-state index in [2.05, 4.69) is 16.4 Å². The lowest BCUT2D eigenvalue weighted by molar-refractivity contribution is -0.110. The smallest absolute Gasteiger partial charge is 0.257 e. The third kappa shape index (κ3) is 2.58. The molecule has 1 aromatic carbocycles. The Morgan fingerprint density at radius 1 is 1.25 bits per heavy atom. The normalized spacial score (nSPS) is 18.7. The molecule has 0 radical (unpaired) electrons. The van der Waals surface area contributed by atoms with Crippen molar-refractivity contribution in [3.05, 3.63) is 53.2 Å². The van der Waals surface area contributed by atoms with E-state index in [0.717, 1.165) is 16.9 Å². The van der Waals surface area contributed by atoms with E-state index in [1.54, 1.807) is 13.3 Å². The number of methoxy groups -OCH3 is 1.